The fraction of sp³-hybridized carbons (Fsp3) is 0.583. The zero-order chi connectivity index (χ0) is 33.5. The largest absolute Gasteiger partial charge is 0.481 e. The minimum Gasteiger partial charge on any atom is -0.481 e. The lowest BCUT2D eigenvalue weighted by atomic mass is 10.4. The number of imide groups is 2. The number of hydroxylamine groups is 4. The third kappa shape index (κ3) is 19.7. The van der Waals surface area contributed by atoms with E-state index in [1.54, 1.807) is 13.8 Å². The van der Waals surface area contributed by atoms with Crippen LogP contribution in [0.1, 0.15) is 65.7 Å². The van der Waals surface area contributed by atoms with E-state index in [4.69, 9.17) is 10.3 Å². The van der Waals surface area contributed by atoms with Gasteiger partial charge in [-0.25, -0.2) is 4.79 Å². The topological polar surface area (TPSA) is 275 Å². The highest BCUT2D eigenvalue weighted by Gasteiger charge is 2.33. The first-order valence-corrected chi connectivity index (χ1v) is 13.0. The number of carbonyl (C=O) groups excluding carboxylic acids is 9. The van der Waals surface area contributed by atoms with E-state index in [1.807, 2.05) is 6.92 Å². The van der Waals surface area contributed by atoms with E-state index >= 15 is 0 Å². The maximum absolute atomic E-state index is 11.1. The molecule has 0 saturated carbocycles. The highest BCUT2D eigenvalue weighted by molar-refractivity contribution is 6.03. The van der Waals surface area contributed by atoms with Gasteiger partial charge >= 0.3 is 11.9 Å². The van der Waals surface area contributed by atoms with Gasteiger partial charge in [-0.2, -0.15) is 5.06 Å². The summed E-state index contributed by atoms with van der Waals surface area (Å²) >= 11 is 0. The van der Waals surface area contributed by atoms with Crippen LogP contribution in [-0.4, -0.2) is 106 Å². The van der Waals surface area contributed by atoms with Crippen molar-refractivity contribution in [2.24, 2.45) is 0 Å². The van der Waals surface area contributed by atoms with Crippen molar-refractivity contribution < 1.29 is 63.1 Å². The predicted octanol–water partition coefficient (Wildman–Crippen LogP) is -2.50. The number of rotatable bonds is 10. The second-order valence-electron chi connectivity index (χ2n) is 8.10. The molecule has 2 saturated heterocycles. The zero-order valence-corrected chi connectivity index (χ0v) is 24.4. The molecule has 0 radical (unpaired) electrons. The molecule has 0 spiro atoms. The Morgan fingerprint density at radius 3 is 1.35 bits per heavy atom. The smallest absolute Gasteiger partial charge is 0.342 e. The molecule has 0 unspecified atom stereocenters. The predicted molar refractivity (Wildman–Crippen MR) is 142 cm³/mol. The molecule has 0 aromatic rings. The van der Waals surface area contributed by atoms with Crippen LogP contribution in [0.25, 0.3) is 0 Å². The number of carboxylic acids is 1. The first-order chi connectivity index (χ1) is 20.1. The molecule has 2 fully saturated rings. The number of hydrogen-bond acceptors (Lipinski definition) is 12. The molecule has 2 aliphatic rings. The van der Waals surface area contributed by atoms with Crippen molar-refractivity contribution in [1.82, 2.24) is 31.4 Å². The molecule has 242 valence electrons. The van der Waals surface area contributed by atoms with Gasteiger partial charge in [-0.15, -0.1) is 5.06 Å². The van der Waals surface area contributed by atoms with Crippen LogP contribution in [0.2, 0.25) is 0 Å². The Hall–Kier alpha value is -4.94. The first kappa shape index (κ1) is 40.2. The fourth-order valence-corrected chi connectivity index (χ4v) is 2.64. The number of aliphatic carboxylic acids is 1. The molecular formula is C24H38N6O13. The summed E-state index contributed by atoms with van der Waals surface area (Å²) in [4.78, 5) is 111. The highest BCUT2D eigenvalue weighted by atomic mass is 16.7. The highest BCUT2D eigenvalue weighted by Crippen LogP contribution is 2.12. The van der Waals surface area contributed by atoms with Crippen molar-refractivity contribution in [3.63, 3.8) is 0 Å². The Morgan fingerprint density at radius 1 is 0.651 bits per heavy atom. The standard InChI is InChI=1S/C9H12N2O5.C6H12N2O2.C5H9NO3.C4H5NO3/c1-2-10-6(12)5-9(15)16-11-7(13)3-4-8(11)14;1-3-8-6(10)4-5(9)7-2;1-2-6-4(7)3-5(8)9;6-3-1-2-4(7)5(3)8/h2-5H2,1H3,(H,10,12);3-4H2,1-2H3,(H,7,9)(H,8,10);2-3H2,1H3,(H,6,7)(H,8,9);8H,1-2H2. The summed E-state index contributed by atoms with van der Waals surface area (Å²) in [6.07, 6.45) is -0.658. The van der Waals surface area contributed by atoms with Gasteiger partial charge in [-0.05, 0) is 20.8 Å². The van der Waals surface area contributed by atoms with Crippen LogP contribution in [0, 0.1) is 0 Å². The molecule has 0 aromatic heterocycles. The van der Waals surface area contributed by atoms with Crippen molar-refractivity contribution in [3.8, 4) is 0 Å². The molecule has 8 amide bonds. The van der Waals surface area contributed by atoms with Crippen molar-refractivity contribution >= 4 is 59.2 Å². The van der Waals surface area contributed by atoms with Crippen LogP contribution in [0.3, 0.4) is 0 Å². The Balaban J connectivity index is 0. The summed E-state index contributed by atoms with van der Waals surface area (Å²) in [5.41, 5.74) is 0. The van der Waals surface area contributed by atoms with E-state index in [1.165, 1.54) is 7.05 Å². The average Bonchev–Trinajstić information content (AvgIpc) is 3.39. The summed E-state index contributed by atoms with van der Waals surface area (Å²) in [5.74, 6) is -5.59. The van der Waals surface area contributed by atoms with E-state index in [-0.39, 0.29) is 49.0 Å². The van der Waals surface area contributed by atoms with E-state index in [9.17, 15) is 47.9 Å². The summed E-state index contributed by atoms with van der Waals surface area (Å²) in [5, 5.41) is 26.7. The third-order valence-corrected chi connectivity index (χ3v) is 4.56. The molecule has 0 aromatic carbocycles. The molecule has 19 heteroatoms. The van der Waals surface area contributed by atoms with Gasteiger partial charge in [0, 0.05) is 52.4 Å². The summed E-state index contributed by atoms with van der Waals surface area (Å²) in [7, 11) is 1.50. The lowest BCUT2D eigenvalue weighted by Crippen LogP contribution is -2.34. The van der Waals surface area contributed by atoms with E-state index < -0.39 is 60.2 Å². The van der Waals surface area contributed by atoms with Crippen LogP contribution in [-0.2, 0) is 52.8 Å². The number of carboxylic acid groups (broad SMARTS) is 1. The number of hydrogen-bond donors (Lipinski definition) is 6. The second kappa shape index (κ2) is 22.7. The van der Waals surface area contributed by atoms with Gasteiger partial charge in [-0.1, -0.05) is 0 Å². The normalized spacial score (nSPS) is 13.2. The molecule has 0 aliphatic carbocycles. The van der Waals surface area contributed by atoms with Crippen molar-refractivity contribution in [3.05, 3.63) is 0 Å². The monoisotopic (exact) mass is 618 g/mol. The van der Waals surface area contributed by atoms with E-state index in [2.05, 4.69) is 26.1 Å². The summed E-state index contributed by atoms with van der Waals surface area (Å²) in [6, 6.07) is 0. The van der Waals surface area contributed by atoms with Crippen LogP contribution in [0.15, 0.2) is 0 Å². The van der Waals surface area contributed by atoms with Gasteiger partial charge in [0.1, 0.15) is 19.3 Å². The molecule has 43 heavy (non-hydrogen) atoms. The number of nitrogens with zero attached hydrogens (tertiary/aromatic N) is 2. The number of amides is 8. The maximum Gasteiger partial charge on any atom is 0.342 e. The molecular weight excluding hydrogens is 580 g/mol. The molecule has 2 rings (SSSR count). The van der Waals surface area contributed by atoms with Gasteiger partial charge < -0.3 is 31.2 Å². The summed E-state index contributed by atoms with van der Waals surface area (Å²) < 4.78 is 0. The summed E-state index contributed by atoms with van der Waals surface area (Å²) in [6.45, 7) is 6.69. The minimum absolute atomic E-state index is 0.0350. The second-order valence-corrected chi connectivity index (χ2v) is 8.10. The van der Waals surface area contributed by atoms with Gasteiger partial charge in [0.25, 0.3) is 23.6 Å². The van der Waals surface area contributed by atoms with Crippen LogP contribution < -0.4 is 21.3 Å². The van der Waals surface area contributed by atoms with Crippen LogP contribution in [0.5, 0.6) is 0 Å². The zero-order valence-electron chi connectivity index (χ0n) is 24.4. The van der Waals surface area contributed by atoms with Crippen LogP contribution in [0.4, 0.5) is 0 Å². The Bertz CT molecular complexity index is 1010. The number of carbonyl (C=O) groups is 10. The SMILES string of the molecule is CCNC(=O)CC(=O)NC.CCNC(=O)CC(=O)O.CCNC(=O)CC(=O)ON1C(=O)CCC1=O.O=C1CCC(=O)N1O. The molecule has 6 N–H and O–H groups in total. The molecule has 19 nitrogen and oxygen atoms in total. The molecule has 2 heterocycles. The van der Waals surface area contributed by atoms with Crippen LogP contribution >= 0.6 is 0 Å². The van der Waals surface area contributed by atoms with E-state index in [0.29, 0.717) is 24.7 Å². The molecule has 0 bridgehead atoms. The first-order valence-electron chi connectivity index (χ1n) is 13.0. The van der Waals surface area contributed by atoms with Crippen molar-refractivity contribution in [1.29, 1.82) is 0 Å². The van der Waals surface area contributed by atoms with E-state index in [0.717, 1.165) is 0 Å². The van der Waals surface area contributed by atoms with Gasteiger partial charge in [0.2, 0.25) is 23.6 Å². The lowest BCUT2D eigenvalue weighted by molar-refractivity contribution is -0.197. The third-order valence-electron chi connectivity index (χ3n) is 4.56. The number of nitrogens with one attached hydrogen (secondary N) is 4. The van der Waals surface area contributed by atoms with Crippen molar-refractivity contribution in [2.45, 2.75) is 65.7 Å². The van der Waals surface area contributed by atoms with Crippen molar-refractivity contribution in [2.75, 3.05) is 26.7 Å². The average molecular weight is 619 g/mol. The minimum atomic E-state index is -1.10. The Kier molecular flexibility index (Phi) is 21.2. The lowest BCUT2D eigenvalue weighted by Gasteiger charge is -2.12. The van der Waals surface area contributed by atoms with Gasteiger partial charge in [0.05, 0.1) is 0 Å². The quantitative estimate of drug-likeness (QED) is 0.0840. The molecule has 0 atom stereocenters. The Labute approximate surface area is 246 Å². The van der Waals surface area contributed by atoms with Gasteiger partial charge in [0.15, 0.2) is 0 Å². The fourth-order valence-electron chi connectivity index (χ4n) is 2.64. The maximum atomic E-state index is 11.1. The van der Waals surface area contributed by atoms with Gasteiger partial charge in [-0.3, -0.25) is 48.4 Å². The molecule has 2 aliphatic heterocycles. The Morgan fingerprint density at radius 2 is 1.02 bits per heavy atom.